The van der Waals surface area contributed by atoms with Gasteiger partial charge in [-0.2, -0.15) is 0 Å². The van der Waals surface area contributed by atoms with E-state index in [0.717, 1.165) is 5.56 Å². The first-order valence-electron chi connectivity index (χ1n) is 6.14. The summed E-state index contributed by atoms with van der Waals surface area (Å²) in [6.45, 7) is 0. The number of hydrogen-bond acceptors (Lipinski definition) is 5. The number of benzene rings is 1. The molecule has 0 unspecified atom stereocenters. The zero-order valence-electron chi connectivity index (χ0n) is 11.0. The van der Waals surface area contributed by atoms with Crippen molar-refractivity contribution in [1.29, 1.82) is 0 Å². The number of amides is 1. The van der Waals surface area contributed by atoms with Gasteiger partial charge in [0.2, 0.25) is 5.13 Å². The van der Waals surface area contributed by atoms with E-state index < -0.39 is 0 Å². The minimum Gasteiger partial charge on any atom is -0.296 e. The molecule has 110 valence electrons. The van der Waals surface area contributed by atoms with Gasteiger partial charge in [-0.3, -0.25) is 15.1 Å². The van der Waals surface area contributed by atoms with Crippen molar-refractivity contribution < 1.29 is 4.79 Å². The Labute approximate surface area is 139 Å². The van der Waals surface area contributed by atoms with Crippen molar-refractivity contribution in [2.24, 2.45) is 0 Å². The molecule has 0 bridgehead atoms. The second kappa shape index (κ2) is 6.39. The average Bonchev–Trinajstić information content (AvgIpc) is 2.99. The molecule has 1 aromatic carbocycles. The van der Waals surface area contributed by atoms with Crippen molar-refractivity contribution in [1.82, 2.24) is 15.2 Å². The van der Waals surface area contributed by atoms with E-state index >= 15 is 0 Å². The van der Waals surface area contributed by atoms with Crippen molar-refractivity contribution in [2.75, 3.05) is 5.32 Å². The van der Waals surface area contributed by atoms with E-state index in [9.17, 15) is 4.79 Å². The maximum Gasteiger partial charge on any atom is 0.257 e. The molecular weight excluding hydrogens is 343 g/mol. The highest BCUT2D eigenvalue weighted by Gasteiger charge is 2.12. The van der Waals surface area contributed by atoms with Crippen LogP contribution in [-0.4, -0.2) is 21.1 Å². The largest absolute Gasteiger partial charge is 0.296 e. The number of aromatic nitrogens is 3. The summed E-state index contributed by atoms with van der Waals surface area (Å²) in [5.41, 5.74) is 1.24. The Morgan fingerprint density at radius 1 is 1.14 bits per heavy atom. The molecule has 3 rings (SSSR count). The molecule has 0 saturated heterocycles. The Hall–Kier alpha value is -2.02. The summed E-state index contributed by atoms with van der Waals surface area (Å²) >= 11 is 13.0. The van der Waals surface area contributed by atoms with Gasteiger partial charge in [-0.1, -0.05) is 34.5 Å². The van der Waals surface area contributed by atoms with Gasteiger partial charge in [-0.15, -0.1) is 10.2 Å². The van der Waals surface area contributed by atoms with Crippen LogP contribution in [0.4, 0.5) is 5.13 Å². The first-order valence-corrected chi connectivity index (χ1v) is 7.71. The van der Waals surface area contributed by atoms with E-state index in [0.29, 0.717) is 25.7 Å². The van der Waals surface area contributed by atoms with Crippen LogP contribution < -0.4 is 5.32 Å². The van der Waals surface area contributed by atoms with E-state index in [1.165, 1.54) is 17.4 Å². The van der Waals surface area contributed by atoms with Crippen LogP contribution in [0.15, 0.2) is 42.7 Å². The topological polar surface area (TPSA) is 67.8 Å². The second-order valence-electron chi connectivity index (χ2n) is 4.24. The zero-order chi connectivity index (χ0) is 15.5. The summed E-state index contributed by atoms with van der Waals surface area (Å²) in [6.07, 6.45) is 3.36. The molecule has 2 aromatic heterocycles. The monoisotopic (exact) mass is 350 g/mol. The van der Waals surface area contributed by atoms with Crippen molar-refractivity contribution in [3.05, 3.63) is 58.3 Å². The first kappa shape index (κ1) is 14.9. The number of anilines is 1. The van der Waals surface area contributed by atoms with Crippen molar-refractivity contribution in [3.63, 3.8) is 0 Å². The zero-order valence-corrected chi connectivity index (χ0v) is 13.3. The molecule has 0 fully saturated rings. The van der Waals surface area contributed by atoms with Gasteiger partial charge in [0.25, 0.3) is 5.91 Å². The molecule has 3 aromatic rings. The Morgan fingerprint density at radius 3 is 2.73 bits per heavy atom. The number of halogens is 2. The predicted molar refractivity (Wildman–Crippen MR) is 87.6 cm³/mol. The van der Waals surface area contributed by atoms with Crippen LogP contribution in [0.5, 0.6) is 0 Å². The quantitative estimate of drug-likeness (QED) is 0.769. The molecule has 22 heavy (non-hydrogen) atoms. The molecular formula is C14H8Cl2N4OS. The molecule has 2 heterocycles. The fourth-order valence-corrected chi connectivity index (χ4v) is 2.71. The molecule has 0 spiro atoms. The number of carbonyl (C=O) groups is 1. The lowest BCUT2D eigenvalue weighted by Crippen LogP contribution is -2.11. The SMILES string of the molecule is O=C(Nc1nnc(-c2cccnc2)s1)c1ccc(Cl)c(Cl)c1. The lowest BCUT2D eigenvalue weighted by Gasteiger charge is -2.02. The summed E-state index contributed by atoms with van der Waals surface area (Å²) in [7, 11) is 0. The van der Waals surface area contributed by atoms with Gasteiger partial charge in [0.05, 0.1) is 10.0 Å². The Morgan fingerprint density at radius 2 is 2.00 bits per heavy atom. The third-order valence-corrected chi connectivity index (χ3v) is 4.36. The van der Waals surface area contributed by atoms with Crippen molar-refractivity contribution >= 4 is 45.6 Å². The van der Waals surface area contributed by atoms with Crippen LogP contribution >= 0.6 is 34.5 Å². The smallest absolute Gasteiger partial charge is 0.257 e. The molecule has 0 aliphatic carbocycles. The Bertz CT molecular complexity index is 823. The third kappa shape index (κ3) is 3.24. The first-order chi connectivity index (χ1) is 10.6. The summed E-state index contributed by atoms with van der Waals surface area (Å²) < 4.78 is 0. The predicted octanol–water partition coefficient (Wildman–Crippen LogP) is 4.16. The molecule has 0 saturated carbocycles. The van der Waals surface area contributed by atoms with Crippen LogP contribution in [0.3, 0.4) is 0 Å². The highest BCUT2D eigenvalue weighted by atomic mass is 35.5. The van der Waals surface area contributed by atoms with Gasteiger partial charge in [0.1, 0.15) is 0 Å². The number of pyridine rings is 1. The molecule has 5 nitrogen and oxygen atoms in total. The fourth-order valence-electron chi connectivity index (χ4n) is 1.69. The van der Waals surface area contributed by atoms with Crippen LogP contribution in [0.25, 0.3) is 10.6 Å². The Kier molecular flexibility index (Phi) is 4.33. The average molecular weight is 351 g/mol. The minimum absolute atomic E-state index is 0.322. The van der Waals surface area contributed by atoms with Gasteiger partial charge in [0, 0.05) is 23.5 Å². The van der Waals surface area contributed by atoms with E-state index in [1.54, 1.807) is 24.5 Å². The van der Waals surface area contributed by atoms with E-state index in [1.807, 2.05) is 12.1 Å². The van der Waals surface area contributed by atoms with Gasteiger partial charge in [-0.25, -0.2) is 0 Å². The second-order valence-corrected chi connectivity index (χ2v) is 6.03. The number of nitrogens with zero attached hydrogens (tertiary/aromatic N) is 3. The third-order valence-electron chi connectivity index (χ3n) is 2.74. The van der Waals surface area contributed by atoms with Crippen molar-refractivity contribution in [2.45, 2.75) is 0 Å². The number of nitrogens with one attached hydrogen (secondary N) is 1. The van der Waals surface area contributed by atoms with Crippen LogP contribution in [0.1, 0.15) is 10.4 Å². The van der Waals surface area contributed by atoms with E-state index in [2.05, 4.69) is 20.5 Å². The molecule has 0 atom stereocenters. The summed E-state index contributed by atoms with van der Waals surface area (Å²) in [4.78, 5) is 16.2. The highest BCUT2D eigenvalue weighted by molar-refractivity contribution is 7.18. The van der Waals surface area contributed by atoms with Crippen molar-refractivity contribution in [3.8, 4) is 10.6 Å². The van der Waals surface area contributed by atoms with Gasteiger partial charge >= 0.3 is 0 Å². The normalized spacial score (nSPS) is 10.5. The van der Waals surface area contributed by atoms with Gasteiger partial charge < -0.3 is 0 Å². The molecule has 0 radical (unpaired) electrons. The summed E-state index contributed by atoms with van der Waals surface area (Å²) in [5, 5.41) is 12.5. The number of rotatable bonds is 3. The summed E-state index contributed by atoms with van der Waals surface area (Å²) in [6, 6.07) is 8.34. The molecule has 0 aliphatic rings. The number of hydrogen-bond donors (Lipinski definition) is 1. The van der Waals surface area contributed by atoms with Gasteiger partial charge in [0.15, 0.2) is 5.01 Å². The van der Waals surface area contributed by atoms with Crippen LogP contribution in [0, 0.1) is 0 Å². The number of carbonyl (C=O) groups excluding carboxylic acids is 1. The maximum absolute atomic E-state index is 12.1. The van der Waals surface area contributed by atoms with Gasteiger partial charge in [-0.05, 0) is 30.3 Å². The van der Waals surface area contributed by atoms with Crippen LogP contribution in [-0.2, 0) is 0 Å². The standard InChI is InChI=1S/C14H8Cl2N4OS/c15-10-4-3-8(6-11(10)16)12(21)18-14-20-19-13(22-14)9-2-1-5-17-7-9/h1-7H,(H,18,20,21). The molecule has 1 amide bonds. The highest BCUT2D eigenvalue weighted by Crippen LogP contribution is 2.26. The Balaban J connectivity index is 1.77. The summed E-state index contributed by atoms with van der Waals surface area (Å²) in [5.74, 6) is -0.326. The lowest BCUT2D eigenvalue weighted by atomic mass is 10.2. The molecule has 0 aliphatic heterocycles. The minimum atomic E-state index is -0.326. The van der Waals surface area contributed by atoms with E-state index in [4.69, 9.17) is 23.2 Å². The maximum atomic E-state index is 12.1. The van der Waals surface area contributed by atoms with E-state index in [-0.39, 0.29) is 5.91 Å². The fraction of sp³-hybridized carbons (Fsp3) is 0. The lowest BCUT2D eigenvalue weighted by molar-refractivity contribution is 0.102. The molecule has 1 N–H and O–H groups in total. The van der Waals surface area contributed by atoms with Crippen LogP contribution in [0.2, 0.25) is 10.0 Å². The molecule has 8 heteroatoms.